The molecule has 0 aromatic heterocycles. The lowest BCUT2D eigenvalue weighted by molar-refractivity contribution is 0.0938. The Morgan fingerprint density at radius 2 is 1.74 bits per heavy atom. The minimum absolute atomic E-state index is 0.115. The molecule has 0 fully saturated rings. The number of likely N-dealkylation sites (N-methyl/N-ethyl adjacent to an activating group) is 1. The first-order chi connectivity index (χ1) is 8.75. The van der Waals surface area contributed by atoms with E-state index in [1.807, 2.05) is 12.1 Å². The smallest absolute Gasteiger partial charge is 0.123 e. The molecule has 0 aliphatic carbocycles. The van der Waals surface area contributed by atoms with Crippen molar-refractivity contribution in [1.29, 1.82) is 0 Å². The molecule has 2 atom stereocenters. The minimum Gasteiger partial charge on any atom is -0.326 e. The van der Waals surface area contributed by atoms with E-state index in [0.717, 1.165) is 18.5 Å². The van der Waals surface area contributed by atoms with Gasteiger partial charge in [-0.2, -0.15) is 0 Å². The molecule has 0 spiro atoms. The molecule has 1 aromatic carbocycles. The first kappa shape index (κ1) is 16.1. The zero-order chi connectivity index (χ0) is 14.6. The van der Waals surface area contributed by atoms with E-state index >= 15 is 0 Å². The Morgan fingerprint density at radius 1 is 1.21 bits per heavy atom. The van der Waals surface area contributed by atoms with Gasteiger partial charge in [0.1, 0.15) is 5.82 Å². The molecule has 2 nitrogen and oxygen atoms in total. The molecule has 0 bridgehead atoms. The van der Waals surface area contributed by atoms with Crippen LogP contribution in [0.25, 0.3) is 0 Å². The molecule has 1 rings (SSSR count). The highest BCUT2D eigenvalue weighted by Crippen LogP contribution is 2.27. The average Bonchev–Trinajstić information content (AvgIpc) is 2.30. The molecule has 3 heteroatoms. The standard InChI is InChI=1S/C16H27FN2/c1-6-14(18)15(16(2,3)4)19(5)11-12-7-9-13(17)10-8-12/h7-10,14-15H,6,11,18H2,1-5H3. The van der Waals surface area contributed by atoms with Crippen molar-refractivity contribution >= 4 is 0 Å². The summed E-state index contributed by atoms with van der Waals surface area (Å²) in [5, 5.41) is 0. The third-order valence-electron chi connectivity index (χ3n) is 3.58. The van der Waals surface area contributed by atoms with Crippen LogP contribution in [0.3, 0.4) is 0 Å². The van der Waals surface area contributed by atoms with Gasteiger partial charge >= 0.3 is 0 Å². The molecule has 2 unspecified atom stereocenters. The SMILES string of the molecule is CCC(N)C(N(C)Cc1ccc(F)cc1)C(C)(C)C. The molecule has 0 aliphatic rings. The predicted octanol–water partition coefficient (Wildman–Crippen LogP) is 3.41. The maximum Gasteiger partial charge on any atom is 0.123 e. The van der Waals surface area contributed by atoms with Crippen LogP contribution in [-0.4, -0.2) is 24.0 Å². The molecule has 0 amide bonds. The average molecular weight is 266 g/mol. The van der Waals surface area contributed by atoms with Crippen molar-refractivity contribution < 1.29 is 4.39 Å². The number of nitrogens with two attached hydrogens (primary N) is 1. The second-order valence-electron chi connectivity index (χ2n) is 6.42. The van der Waals surface area contributed by atoms with E-state index in [0.29, 0.717) is 6.04 Å². The van der Waals surface area contributed by atoms with E-state index in [2.05, 4.69) is 39.6 Å². The third-order valence-corrected chi connectivity index (χ3v) is 3.58. The fourth-order valence-electron chi connectivity index (χ4n) is 2.83. The monoisotopic (exact) mass is 266 g/mol. The van der Waals surface area contributed by atoms with Crippen molar-refractivity contribution in [2.45, 2.75) is 52.7 Å². The summed E-state index contributed by atoms with van der Waals surface area (Å²) in [6.45, 7) is 9.56. The van der Waals surface area contributed by atoms with Gasteiger partial charge in [-0.25, -0.2) is 4.39 Å². The van der Waals surface area contributed by atoms with Gasteiger partial charge in [0.15, 0.2) is 0 Å². The zero-order valence-corrected chi connectivity index (χ0v) is 12.8. The molecule has 19 heavy (non-hydrogen) atoms. The second kappa shape index (κ2) is 6.49. The van der Waals surface area contributed by atoms with Crippen LogP contribution in [0.1, 0.15) is 39.7 Å². The largest absolute Gasteiger partial charge is 0.326 e. The summed E-state index contributed by atoms with van der Waals surface area (Å²) in [4.78, 5) is 2.28. The Labute approximate surface area is 116 Å². The van der Waals surface area contributed by atoms with Crippen LogP contribution >= 0.6 is 0 Å². The minimum atomic E-state index is -0.191. The summed E-state index contributed by atoms with van der Waals surface area (Å²) < 4.78 is 12.9. The molecular formula is C16H27FN2. The Kier molecular flexibility index (Phi) is 5.50. The molecule has 0 aliphatic heterocycles. The van der Waals surface area contributed by atoms with Crippen LogP contribution in [0.2, 0.25) is 0 Å². The van der Waals surface area contributed by atoms with Crippen molar-refractivity contribution in [3.05, 3.63) is 35.6 Å². The van der Waals surface area contributed by atoms with Crippen molar-refractivity contribution in [3.63, 3.8) is 0 Å². The Balaban J connectivity index is 2.82. The third kappa shape index (κ3) is 4.59. The number of hydrogen-bond donors (Lipinski definition) is 1. The van der Waals surface area contributed by atoms with Crippen LogP contribution in [0, 0.1) is 11.2 Å². The fraction of sp³-hybridized carbons (Fsp3) is 0.625. The molecule has 0 saturated heterocycles. The van der Waals surface area contributed by atoms with Crippen LogP contribution in [0.15, 0.2) is 24.3 Å². The lowest BCUT2D eigenvalue weighted by atomic mass is 9.80. The zero-order valence-electron chi connectivity index (χ0n) is 12.8. The summed E-state index contributed by atoms with van der Waals surface area (Å²) in [5.74, 6) is -0.191. The number of nitrogens with zero attached hydrogens (tertiary/aromatic N) is 1. The number of halogens is 1. The van der Waals surface area contributed by atoms with E-state index in [4.69, 9.17) is 5.73 Å². The predicted molar refractivity (Wildman–Crippen MR) is 79.4 cm³/mol. The van der Waals surface area contributed by atoms with Crippen molar-refractivity contribution in [2.24, 2.45) is 11.1 Å². The Morgan fingerprint density at radius 3 is 2.16 bits per heavy atom. The van der Waals surface area contributed by atoms with E-state index in [-0.39, 0.29) is 17.3 Å². The Bertz CT molecular complexity index is 381. The lowest BCUT2D eigenvalue weighted by Gasteiger charge is -2.41. The van der Waals surface area contributed by atoms with Gasteiger partial charge in [-0.1, -0.05) is 39.8 Å². The highest BCUT2D eigenvalue weighted by atomic mass is 19.1. The van der Waals surface area contributed by atoms with Gasteiger partial charge in [-0.15, -0.1) is 0 Å². The number of hydrogen-bond acceptors (Lipinski definition) is 2. The van der Waals surface area contributed by atoms with E-state index in [1.165, 1.54) is 12.1 Å². The van der Waals surface area contributed by atoms with Gasteiger partial charge in [0.05, 0.1) is 0 Å². The maximum atomic E-state index is 12.9. The fourth-order valence-corrected chi connectivity index (χ4v) is 2.83. The first-order valence-electron chi connectivity index (χ1n) is 6.96. The molecule has 1 aromatic rings. The summed E-state index contributed by atoms with van der Waals surface area (Å²) in [5.41, 5.74) is 7.51. The molecule has 2 N–H and O–H groups in total. The van der Waals surface area contributed by atoms with Gasteiger partial charge in [-0.05, 0) is 36.6 Å². The normalized spacial score (nSPS) is 15.6. The molecule has 0 radical (unpaired) electrons. The van der Waals surface area contributed by atoms with Crippen molar-refractivity contribution in [1.82, 2.24) is 4.90 Å². The highest BCUT2D eigenvalue weighted by Gasteiger charge is 2.32. The molecule has 0 saturated carbocycles. The second-order valence-corrected chi connectivity index (χ2v) is 6.42. The van der Waals surface area contributed by atoms with Crippen LogP contribution in [0.5, 0.6) is 0 Å². The van der Waals surface area contributed by atoms with Gasteiger partial charge in [0.2, 0.25) is 0 Å². The number of rotatable bonds is 5. The number of benzene rings is 1. The summed E-state index contributed by atoms with van der Waals surface area (Å²) >= 11 is 0. The quantitative estimate of drug-likeness (QED) is 0.885. The molecular weight excluding hydrogens is 239 g/mol. The van der Waals surface area contributed by atoms with E-state index in [9.17, 15) is 4.39 Å². The topological polar surface area (TPSA) is 29.3 Å². The van der Waals surface area contributed by atoms with Crippen LogP contribution in [0.4, 0.5) is 4.39 Å². The van der Waals surface area contributed by atoms with Crippen LogP contribution in [-0.2, 0) is 6.54 Å². The van der Waals surface area contributed by atoms with Gasteiger partial charge in [0.25, 0.3) is 0 Å². The van der Waals surface area contributed by atoms with Crippen molar-refractivity contribution in [2.75, 3.05) is 7.05 Å². The molecule has 0 heterocycles. The van der Waals surface area contributed by atoms with Gasteiger partial charge in [0, 0.05) is 18.6 Å². The highest BCUT2D eigenvalue weighted by molar-refractivity contribution is 5.16. The van der Waals surface area contributed by atoms with Crippen molar-refractivity contribution in [3.8, 4) is 0 Å². The molecule has 108 valence electrons. The van der Waals surface area contributed by atoms with E-state index < -0.39 is 0 Å². The Hall–Kier alpha value is -0.930. The lowest BCUT2D eigenvalue weighted by Crippen LogP contribution is -2.52. The first-order valence-corrected chi connectivity index (χ1v) is 6.96. The summed E-state index contributed by atoms with van der Waals surface area (Å²) in [7, 11) is 2.09. The maximum absolute atomic E-state index is 12.9. The van der Waals surface area contributed by atoms with Gasteiger partial charge in [-0.3, -0.25) is 4.90 Å². The van der Waals surface area contributed by atoms with E-state index in [1.54, 1.807) is 0 Å². The summed E-state index contributed by atoms with van der Waals surface area (Å²) in [6, 6.07) is 7.13. The van der Waals surface area contributed by atoms with Gasteiger partial charge < -0.3 is 5.73 Å². The summed E-state index contributed by atoms with van der Waals surface area (Å²) in [6.07, 6.45) is 0.954. The van der Waals surface area contributed by atoms with Crippen LogP contribution < -0.4 is 5.73 Å².